The second-order valence-corrected chi connectivity index (χ2v) is 8.36. The Morgan fingerprint density at radius 3 is 2.71 bits per heavy atom. The van der Waals surface area contributed by atoms with E-state index in [1.54, 1.807) is 25.2 Å². The monoisotopic (exact) mass is 473 g/mol. The standard InChI is InChI=1S/C26H27N5O4/c1-17(12-18-6-9-21(10-7-18)35-24-11-8-19(13-27)14-29-24)28-15-20(32)16-34-23-5-3-4-22-25(23)30-26(33)31(22)2/h3-11,14,17,20,28,32H,12,15-16H2,1-2H3,(H,30,33)/t17?,20-/m0/s1. The molecule has 2 aromatic heterocycles. The Hall–Kier alpha value is -4.13. The summed E-state index contributed by atoms with van der Waals surface area (Å²) < 4.78 is 13.0. The van der Waals surface area contributed by atoms with Crippen molar-refractivity contribution in [3.8, 4) is 23.4 Å². The first-order valence-electron chi connectivity index (χ1n) is 11.3. The number of aromatic amines is 1. The molecule has 9 nitrogen and oxygen atoms in total. The number of rotatable bonds is 10. The Bertz CT molecular complexity index is 1370. The number of pyridine rings is 1. The third-order valence-electron chi connectivity index (χ3n) is 5.59. The van der Waals surface area contributed by atoms with Gasteiger partial charge in [0, 0.05) is 31.9 Å². The van der Waals surface area contributed by atoms with Crippen LogP contribution in [0.3, 0.4) is 0 Å². The number of hydrogen-bond donors (Lipinski definition) is 3. The minimum absolute atomic E-state index is 0.102. The molecular weight excluding hydrogens is 446 g/mol. The Labute approximate surface area is 202 Å². The average Bonchev–Trinajstić information content (AvgIpc) is 3.17. The van der Waals surface area contributed by atoms with Crippen LogP contribution in [0.15, 0.2) is 65.6 Å². The van der Waals surface area contributed by atoms with Crippen molar-refractivity contribution in [1.82, 2.24) is 19.9 Å². The Morgan fingerprint density at radius 1 is 1.20 bits per heavy atom. The highest BCUT2D eigenvalue weighted by atomic mass is 16.5. The minimum Gasteiger partial charge on any atom is -0.489 e. The average molecular weight is 474 g/mol. The number of aromatic nitrogens is 3. The fourth-order valence-corrected chi connectivity index (χ4v) is 3.67. The number of nitrogens with zero attached hydrogens (tertiary/aromatic N) is 3. The normalized spacial score (nSPS) is 12.7. The molecule has 0 aliphatic rings. The van der Waals surface area contributed by atoms with Crippen LogP contribution in [0.4, 0.5) is 0 Å². The van der Waals surface area contributed by atoms with E-state index < -0.39 is 6.10 Å². The highest BCUT2D eigenvalue weighted by Crippen LogP contribution is 2.22. The molecule has 2 heterocycles. The number of aliphatic hydroxyl groups is 1. The Morgan fingerprint density at radius 2 is 2.00 bits per heavy atom. The van der Waals surface area contributed by atoms with Crippen LogP contribution in [0.1, 0.15) is 18.1 Å². The molecule has 0 fully saturated rings. The van der Waals surface area contributed by atoms with Crippen LogP contribution in [-0.2, 0) is 13.5 Å². The van der Waals surface area contributed by atoms with Crippen molar-refractivity contribution in [3.05, 3.63) is 82.4 Å². The van der Waals surface area contributed by atoms with Gasteiger partial charge in [0.1, 0.15) is 35.8 Å². The van der Waals surface area contributed by atoms with Gasteiger partial charge in [-0.05, 0) is 49.2 Å². The maximum atomic E-state index is 11.9. The van der Waals surface area contributed by atoms with Gasteiger partial charge in [0.15, 0.2) is 0 Å². The summed E-state index contributed by atoms with van der Waals surface area (Å²) in [7, 11) is 1.69. The van der Waals surface area contributed by atoms with E-state index in [1.165, 1.54) is 10.8 Å². The van der Waals surface area contributed by atoms with Crippen LogP contribution in [0.25, 0.3) is 11.0 Å². The van der Waals surface area contributed by atoms with Gasteiger partial charge in [-0.3, -0.25) is 4.57 Å². The molecule has 2 aromatic carbocycles. The molecule has 180 valence electrons. The smallest absolute Gasteiger partial charge is 0.326 e. The number of hydrogen-bond acceptors (Lipinski definition) is 7. The molecule has 0 saturated heterocycles. The summed E-state index contributed by atoms with van der Waals surface area (Å²) >= 11 is 0. The lowest BCUT2D eigenvalue weighted by atomic mass is 10.1. The molecule has 3 N–H and O–H groups in total. The van der Waals surface area contributed by atoms with Gasteiger partial charge in [-0.1, -0.05) is 18.2 Å². The number of benzene rings is 2. The quantitative estimate of drug-likeness (QED) is 0.323. The van der Waals surface area contributed by atoms with E-state index in [4.69, 9.17) is 14.7 Å². The summed E-state index contributed by atoms with van der Waals surface area (Å²) in [4.78, 5) is 18.7. The van der Waals surface area contributed by atoms with Gasteiger partial charge in [0.05, 0.1) is 11.1 Å². The maximum absolute atomic E-state index is 11.9. The highest BCUT2D eigenvalue weighted by Gasteiger charge is 2.12. The van der Waals surface area contributed by atoms with Gasteiger partial charge in [-0.25, -0.2) is 9.78 Å². The van der Waals surface area contributed by atoms with Crippen molar-refractivity contribution in [2.75, 3.05) is 13.2 Å². The van der Waals surface area contributed by atoms with E-state index in [0.29, 0.717) is 35.0 Å². The summed E-state index contributed by atoms with van der Waals surface area (Å²) in [5.41, 5.74) is 2.76. The number of aryl methyl sites for hydroxylation is 1. The predicted molar refractivity (Wildman–Crippen MR) is 132 cm³/mol. The molecule has 0 aliphatic carbocycles. The predicted octanol–water partition coefficient (Wildman–Crippen LogP) is 2.89. The summed E-state index contributed by atoms with van der Waals surface area (Å²) in [6, 6.07) is 18.6. The van der Waals surface area contributed by atoms with Crippen molar-refractivity contribution in [2.24, 2.45) is 7.05 Å². The Balaban J connectivity index is 1.23. The van der Waals surface area contributed by atoms with E-state index in [-0.39, 0.29) is 18.3 Å². The van der Waals surface area contributed by atoms with Crippen molar-refractivity contribution in [2.45, 2.75) is 25.5 Å². The first-order valence-corrected chi connectivity index (χ1v) is 11.3. The van der Waals surface area contributed by atoms with Gasteiger partial charge >= 0.3 is 5.69 Å². The summed E-state index contributed by atoms with van der Waals surface area (Å²) in [5.74, 6) is 1.62. The fourth-order valence-electron chi connectivity index (χ4n) is 3.67. The van der Waals surface area contributed by atoms with Crippen LogP contribution in [0.5, 0.6) is 17.4 Å². The number of aliphatic hydroxyl groups excluding tert-OH is 1. The molecule has 0 aliphatic heterocycles. The number of nitriles is 1. The molecule has 0 bridgehead atoms. The molecule has 1 unspecified atom stereocenters. The number of nitrogens with one attached hydrogen (secondary N) is 2. The van der Waals surface area contributed by atoms with Crippen LogP contribution in [0, 0.1) is 11.3 Å². The van der Waals surface area contributed by atoms with Gasteiger partial charge in [-0.15, -0.1) is 0 Å². The number of H-pyrrole nitrogens is 1. The van der Waals surface area contributed by atoms with Crippen molar-refractivity contribution < 1.29 is 14.6 Å². The number of imidazole rings is 1. The molecule has 9 heteroatoms. The van der Waals surface area contributed by atoms with E-state index in [0.717, 1.165) is 17.5 Å². The SMILES string of the molecule is CC(Cc1ccc(Oc2ccc(C#N)cn2)cc1)NC[C@H](O)COc1cccc2c1[nH]c(=O)n2C. The molecule has 0 radical (unpaired) electrons. The molecule has 0 saturated carbocycles. The molecule has 35 heavy (non-hydrogen) atoms. The van der Waals surface area contributed by atoms with Gasteiger partial charge < -0.3 is 24.9 Å². The summed E-state index contributed by atoms with van der Waals surface area (Å²) in [6.07, 6.45) is 1.53. The van der Waals surface area contributed by atoms with Crippen LogP contribution in [-0.4, -0.2) is 44.9 Å². The zero-order valence-corrected chi connectivity index (χ0v) is 19.6. The summed E-state index contributed by atoms with van der Waals surface area (Å²) in [6.45, 7) is 2.52. The minimum atomic E-state index is -0.709. The zero-order chi connectivity index (χ0) is 24.8. The maximum Gasteiger partial charge on any atom is 0.326 e. The lowest BCUT2D eigenvalue weighted by Crippen LogP contribution is -2.37. The molecule has 2 atom stereocenters. The zero-order valence-electron chi connectivity index (χ0n) is 19.6. The molecular formula is C26H27N5O4. The third-order valence-corrected chi connectivity index (χ3v) is 5.59. The highest BCUT2D eigenvalue weighted by molar-refractivity contribution is 5.81. The summed E-state index contributed by atoms with van der Waals surface area (Å²) in [5, 5.41) is 22.5. The number of ether oxygens (including phenoxy) is 2. The van der Waals surface area contributed by atoms with E-state index >= 15 is 0 Å². The van der Waals surface area contributed by atoms with Crippen molar-refractivity contribution >= 4 is 11.0 Å². The third kappa shape index (κ3) is 6.06. The van der Waals surface area contributed by atoms with Crippen molar-refractivity contribution in [3.63, 3.8) is 0 Å². The molecule has 4 rings (SSSR count). The van der Waals surface area contributed by atoms with Gasteiger partial charge in [-0.2, -0.15) is 5.26 Å². The largest absolute Gasteiger partial charge is 0.489 e. The van der Waals surface area contributed by atoms with E-state index in [1.807, 2.05) is 49.4 Å². The first-order chi connectivity index (χ1) is 16.9. The van der Waals surface area contributed by atoms with Gasteiger partial charge in [0.2, 0.25) is 5.88 Å². The second kappa shape index (κ2) is 10.9. The topological polar surface area (TPSA) is 125 Å². The number of para-hydroxylation sites is 1. The van der Waals surface area contributed by atoms with Gasteiger partial charge in [0.25, 0.3) is 0 Å². The molecule has 4 aromatic rings. The fraction of sp³-hybridized carbons (Fsp3) is 0.269. The molecule has 0 amide bonds. The van der Waals surface area contributed by atoms with Crippen LogP contribution < -0.4 is 20.5 Å². The molecule has 0 spiro atoms. The Kier molecular flexibility index (Phi) is 7.45. The first kappa shape index (κ1) is 24.0. The lowest BCUT2D eigenvalue weighted by Gasteiger charge is -2.18. The van der Waals surface area contributed by atoms with Crippen LogP contribution in [0.2, 0.25) is 0 Å². The van der Waals surface area contributed by atoms with Crippen LogP contribution >= 0.6 is 0 Å². The lowest BCUT2D eigenvalue weighted by molar-refractivity contribution is 0.105. The van der Waals surface area contributed by atoms with E-state index in [9.17, 15) is 9.90 Å². The van der Waals surface area contributed by atoms with E-state index in [2.05, 4.69) is 15.3 Å². The second-order valence-electron chi connectivity index (χ2n) is 8.36. The van der Waals surface area contributed by atoms with Crippen molar-refractivity contribution in [1.29, 1.82) is 5.26 Å². The number of fused-ring (bicyclic) bond motifs is 1.